The highest BCUT2D eigenvalue weighted by atomic mass is 16.7. The normalized spacial score (nSPS) is 25.6. The Hall–Kier alpha value is -1.20. The predicted octanol–water partition coefficient (Wildman–Crippen LogP) is 2.27. The molecule has 0 amide bonds. The maximum atomic E-state index is 6.10. The molecule has 1 spiro atoms. The molecule has 5 nitrogen and oxygen atoms in total. The van der Waals surface area contributed by atoms with Gasteiger partial charge in [-0.25, -0.2) is 9.97 Å². The minimum atomic E-state index is -0.294. The molecule has 1 saturated heterocycles. The first kappa shape index (κ1) is 12.8. The minimum absolute atomic E-state index is 0.0993. The van der Waals surface area contributed by atoms with Crippen molar-refractivity contribution in [1.29, 1.82) is 0 Å². The highest BCUT2D eigenvalue weighted by Gasteiger charge is 2.41. The number of nitrogens with one attached hydrogen (secondary N) is 1. The van der Waals surface area contributed by atoms with Gasteiger partial charge in [0.05, 0.1) is 6.61 Å². The van der Waals surface area contributed by atoms with Crippen molar-refractivity contribution in [3.05, 3.63) is 18.0 Å². The molecule has 1 N–H and O–H groups in total. The molecule has 1 aromatic rings. The fraction of sp³-hybridized carbons (Fsp3) is 0.714. The third-order valence-corrected chi connectivity index (χ3v) is 3.81. The van der Waals surface area contributed by atoms with E-state index in [9.17, 15) is 0 Å². The molecule has 1 saturated carbocycles. The predicted molar refractivity (Wildman–Crippen MR) is 71.9 cm³/mol. The van der Waals surface area contributed by atoms with Crippen molar-refractivity contribution >= 4 is 5.95 Å². The van der Waals surface area contributed by atoms with E-state index in [-0.39, 0.29) is 11.9 Å². The summed E-state index contributed by atoms with van der Waals surface area (Å²) in [5.74, 6) is 0.367. The van der Waals surface area contributed by atoms with Crippen LogP contribution in [0.3, 0.4) is 0 Å². The number of aryl methyl sites for hydroxylation is 1. The first-order chi connectivity index (χ1) is 9.26. The molecule has 1 aliphatic heterocycles. The van der Waals surface area contributed by atoms with Crippen molar-refractivity contribution in [3.8, 4) is 0 Å². The maximum Gasteiger partial charge on any atom is 0.222 e. The van der Waals surface area contributed by atoms with Crippen molar-refractivity contribution in [2.75, 3.05) is 18.5 Å². The van der Waals surface area contributed by atoms with Crippen LogP contribution in [0.5, 0.6) is 0 Å². The summed E-state index contributed by atoms with van der Waals surface area (Å²) in [7, 11) is 0. The van der Waals surface area contributed by atoms with Gasteiger partial charge in [-0.3, -0.25) is 0 Å². The molecule has 2 fully saturated rings. The van der Waals surface area contributed by atoms with Crippen molar-refractivity contribution in [2.24, 2.45) is 0 Å². The van der Waals surface area contributed by atoms with E-state index in [1.165, 1.54) is 19.3 Å². The minimum Gasteiger partial charge on any atom is -0.352 e. The van der Waals surface area contributed by atoms with Gasteiger partial charge in [0.15, 0.2) is 5.79 Å². The van der Waals surface area contributed by atoms with Gasteiger partial charge in [-0.05, 0) is 25.8 Å². The molecular formula is C14H21N3O2. The average molecular weight is 263 g/mol. The largest absolute Gasteiger partial charge is 0.352 e. The monoisotopic (exact) mass is 263 g/mol. The zero-order chi connectivity index (χ0) is 13.1. The number of hydrogen-bond acceptors (Lipinski definition) is 5. The van der Waals surface area contributed by atoms with Crippen molar-refractivity contribution in [3.63, 3.8) is 0 Å². The van der Waals surface area contributed by atoms with Crippen LogP contribution in [-0.2, 0) is 9.47 Å². The Morgan fingerprint density at radius 3 is 3.00 bits per heavy atom. The lowest BCUT2D eigenvalue weighted by molar-refractivity contribution is -0.185. The van der Waals surface area contributed by atoms with Crippen LogP contribution >= 0.6 is 0 Å². The quantitative estimate of drug-likeness (QED) is 0.906. The highest BCUT2D eigenvalue weighted by molar-refractivity contribution is 5.24. The Labute approximate surface area is 113 Å². The van der Waals surface area contributed by atoms with Crippen LogP contribution in [-0.4, -0.2) is 35.0 Å². The molecule has 2 heterocycles. The second kappa shape index (κ2) is 5.43. The Balaban J connectivity index is 1.52. The molecule has 0 aromatic carbocycles. The summed E-state index contributed by atoms with van der Waals surface area (Å²) in [5.41, 5.74) is 0.963. The van der Waals surface area contributed by atoms with Gasteiger partial charge in [0.1, 0.15) is 6.10 Å². The molecule has 1 aromatic heterocycles. The standard InChI is InChI=1S/C14H21N3O2/c1-11-5-8-15-13(17-11)16-9-12-10-18-14(19-12)6-3-2-4-7-14/h5,8,12H,2-4,6-7,9-10H2,1H3,(H,15,16,17)/t12-/m0/s1. The SMILES string of the molecule is Cc1ccnc(NC[C@H]2COC3(CCCCC3)O2)n1. The zero-order valence-corrected chi connectivity index (χ0v) is 11.4. The summed E-state index contributed by atoms with van der Waals surface area (Å²) in [6.07, 6.45) is 7.65. The summed E-state index contributed by atoms with van der Waals surface area (Å²) < 4.78 is 12.0. The second-order valence-corrected chi connectivity index (χ2v) is 5.42. The van der Waals surface area contributed by atoms with Crippen molar-refractivity contribution in [2.45, 2.75) is 50.9 Å². The van der Waals surface area contributed by atoms with Crippen LogP contribution in [0.4, 0.5) is 5.95 Å². The lowest BCUT2D eigenvalue weighted by atomic mass is 9.94. The van der Waals surface area contributed by atoms with Gasteiger partial charge in [0.2, 0.25) is 5.95 Å². The van der Waals surface area contributed by atoms with E-state index in [1.54, 1.807) is 6.20 Å². The topological polar surface area (TPSA) is 56.3 Å². The lowest BCUT2D eigenvalue weighted by Gasteiger charge is -2.31. The van der Waals surface area contributed by atoms with Crippen LogP contribution in [0.2, 0.25) is 0 Å². The molecule has 104 valence electrons. The average Bonchev–Trinajstić information content (AvgIpc) is 2.80. The van der Waals surface area contributed by atoms with Crippen LogP contribution in [0.25, 0.3) is 0 Å². The molecule has 0 unspecified atom stereocenters. The summed E-state index contributed by atoms with van der Waals surface area (Å²) >= 11 is 0. The smallest absolute Gasteiger partial charge is 0.222 e. The van der Waals surface area contributed by atoms with Crippen LogP contribution in [0.1, 0.15) is 37.8 Å². The molecule has 0 bridgehead atoms. The maximum absolute atomic E-state index is 6.10. The fourth-order valence-electron chi connectivity index (χ4n) is 2.81. The van der Waals surface area contributed by atoms with Crippen molar-refractivity contribution < 1.29 is 9.47 Å². The molecule has 19 heavy (non-hydrogen) atoms. The first-order valence-corrected chi connectivity index (χ1v) is 7.11. The third kappa shape index (κ3) is 3.04. The van der Waals surface area contributed by atoms with Gasteiger partial charge >= 0.3 is 0 Å². The fourth-order valence-corrected chi connectivity index (χ4v) is 2.81. The zero-order valence-electron chi connectivity index (χ0n) is 11.4. The van der Waals surface area contributed by atoms with Gasteiger partial charge in [-0.15, -0.1) is 0 Å². The Kier molecular flexibility index (Phi) is 3.66. The summed E-state index contributed by atoms with van der Waals surface area (Å²) in [6.45, 7) is 3.32. The molecule has 1 aliphatic carbocycles. The van der Waals surface area contributed by atoms with Gasteiger partial charge in [-0.2, -0.15) is 0 Å². The Bertz CT molecular complexity index is 432. The molecule has 1 atom stereocenters. The molecule has 3 rings (SSSR count). The Morgan fingerprint density at radius 2 is 2.21 bits per heavy atom. The molecule has 0 radical (unpaired) electrons. The van der Waals surface area contributed by atoms with E-state index in [4.69, 9.17) is 9.47 Å². The van der Waals surface area contributed by atoms with Crippen LogP contribution < -0.4 is 5.32 Å². The number of anilines is 1. The number of nitrogens with zero attached hydrogens (tertiary/aromatic N) is 2. The lowest BCUT2D eigenvalue weighted by Crippen LogP contribution is -2.34. The summed E-state index contributed by atoms with van der Waals surface area (Å²) in [4.78, 5) is 8.51. The number of aromatic nitrogens is 2. The first-order valence-electron chi connectivity index (χ1n) is 7.11. The summed E-state index contributed by atoms with van der Waals surface area (Å²) in [5, 5.41) is 3.22. The van der Waals surface area contributed by atoms with Gasteiger partial charge in [0, 0.05) is 31.3 Å². The molecular weight excluding hydrogens is 242 g/mol. The number of ether oxygens (including phenoxy) is 2. The van der Waals surface area contributed by atoms with E-state index in [1.807, 2.05) is 13.0 Å². The van der Waals surface area contributed by atoms with Gasteiger partial charge < -0.3 is 14.8 Å². The van der Waals surface area contributed by atoms with E-state index < -0.39 is 0 Å². The van der Waals surface area contributed by atoms with E-state index in [0.717, 1.165) is 18.5 Å². The van der Waals surface area contributed by atoms with Gasteiger partial charge in [-0.1, -0.05) is 6.42 Å². The summed E-state index contributed by atoms with van der Waals surface area (Å²) in [6, 6.07) is 1.89. The highest BCUT2D eigenvalue weighted by Crippen LogP contribution is 2.37. The van der Waals surface area contributed by atoms with Crippen molar-refractivity contribution in [1.82, 2.24) is 9.97 Å². The Morgan fingerprint density at radius 1 is 1.37 bits per heavy atom. The van der Waals surface area contributed by atoms with Crippen LogP contribution in [0.15, 0.2) is 12.3 Å². The number of hydrogen-bond donors (Lipinski definition) is 1. The third-order valence-electron chi connectivity index (χ3n) is 3.81. The van der Waals surface area contributed by atoms with Crippen LogP contribution in [0, 0.1) is 6.92 Å². The molecule has 5 heteroatoms. The van der Waals surface area contributed by atoms with Gasteiger partial charge in [0.25, 0.3) is 0 Å². The second-order valence-electron chi connectivity index (χ2n) is 5.42. The van der Waals surface area contributed by atoms with E-state index in [0.29, 0.717) is 19.1 Å². The van der Waals surface area contributed by atoms with E-state index in [2.05, 4.69) is 15.3 Å². The van der Waals surface area contributed by atoms with E-state index >= 15 is 0 Å². The molecule has 2 aliphatic rings. The number of rotatable bonds is 3.